The minimum atomic E-state index is -0.192. The first kappa shape index (κ1) is 20.9. The van der Waals surface area contributed by atoms with Gasteiger partial charge in [-0.15, -0.1) is 6.58 Å². The van der Waals surface area contributed by atoms with Crippen LogP contribution in [0.25, 0.3) is 0 Å². The quantitative estimate of drug-likeness (QED) is 0.363. The van der Waals surface area contributed by atoms with E-state index in [-0.39, 0.29) is 5.82 Å². The summed E-state index contributed by atoms with van der Waals surface area (Å²) in [6.07, 6.45) is 12.9. The van der Waals surface area contributed by atoms with Crippen molar-refractivity contribution in [1.29, 1.82) is 0 Å². The molecule has 4 rings (SSSR count). The molecule has 2 saturated carbocycles. The molecule has 0 aromatic heterocycles. The standard InChI is InChI=1S/C29H33F/c1-3-4-5-23-12-15-28-20-27(17-16-26(28)18-23)25-13-10-22(11-14-25)8-9-24-7-6-21(2)29(30)19-24/h3,6-7,10-11,13-14,19,23,26-28H,1,4-5,12,15-18,20H2,2H3. The third-order valence-electron chi connectivity index (χ3n) is 7.41. The van der Waals surface area contributed by atoms with Crippen molar-refractivity contribution in [1.82, 2.24) is 0 Å². The zero-order valence-electron chi connectivity index (χ0n) is 18.2. The number of halogens is 1. The van der Waals surface area contributed by atoms with Gasteiger partial charge in [0.25, 0.3) is 0 Å². The molecule has 0 spiro atoms. The zero-order valence-corrected chi connectivity index (χ0v) is 18.2. The Kier molecular flexibility index (Phi) is 6.73. The second kappa shape index (κ2) is 9.65. The van der Waals surface area contributed by atoms with Crippen molar-refractivity contribution >= 4 is 0 Å². The van der Waals surface area contributed by atoms with Crippen molar-refractivity contribution in [2.75, 3.05) is 0 Å². The molecule has 0 aliphatic heterocycles. The zero-order chi connectivity index (χ0) is 20.9. The Balaban J connectivity index is 1.36. The predicted octanol–water partition coefficient (Wildman–Crippen LogP) is 7.80. The lowest BCUT2D eigenvalue weighted by Crippen LogP contribution is -2.30. The number of rotatable bonds is 4. The average Bonchev–Trinajstić information content (AvgIpc) is 2.78. The highest BCUT2D eigenvalue weighted by Crippen LogP contribution is 2.48. The van der Waals surface area contributed by atoms with Crippen molar-refractivity contribution in [3.8, 4) is 11.8 Å². The number of benzene rings is 2. The molecule has 0 heterocycles. The van der Waals surface area contributed by atoms with Crippen molar-refractivity contribution < 1.29 is 4.39 Å². The van der Waals surface area contributed by atoms with Crippen molar-refractivity contribution in [2.24, 2.45) is 17.8 Å². The summed E-state index contributed by atoms with van der Waals surface area (Å²) in [5.41, 5.74) is 3.85. The molecular weight excluding hydrogens is 367 g/mol. The van der Waals surface area contributed by atoms with Crippen LogP contribution in [0.15, 0.2) is 55.1 Å². The Labute approximate surface area is 181 Å². The molecule has 2 aliphatic carbocycles. The molecule has 0 nitrogen and oxygen atoms in total. The normalized spacial score (nSPS) is 25.7. The Hall–Kier alpha value is -2.33. The van der Waals surface area contributed by atoms with Crippen LogP contribution in [0, 0.1) is 42.3 Å². The maximum absolute atomic E-state index is 13.7. The van der Waals surface area contributed by atoms with Crippen LogP contribution in [0.4, 0.5) is 4.39 Å². The van der Waals surface area contributed by atoms with Gasteiger partial charge in [-0.1, -0.05) is 42.5 Å². The van der Waals surface area contributed by atoms with Crippen LogP contribution < -0.4 is 0 Å². The van der Waals surface area contributed by atoms with Gasteiger partial charge in [-0.25, -0.2) is 4.39 Å². The van der Waals surface area contributed by atoms with Gasteiger partial charge in [0.1, 0.15) is 5.82 Å². The van der Waals surface area contributed by atoms with Crippen LogP contribution >= 0.6 is 0 Å². The van der Waals surface area contributed by atoms with Crippen molar-refractivity contribution in [2.45, 2.75) is 64.2 Å². The van der Waals surface area contributed by atoms with Crippen LogP contribution in [0.2, 0.25) is 0 Å². The molecule has 0 bridgehead atoms. The van der Waals surface area contributed by atoms with E-state index in [1.54, 1.807) is 13.0 Å². The monoisotopic (exact) mass is 400 g/mol. The van der Waals surface area contributed by atoms with Crippen molar-refractivity contribution in [3.63, 3.8) is 0 Å². The van der Waals surface area contributed by atoms with Gasteiger partial charge in [0.2, 0.25) is 0 Å². The first-order valence-electron chi connectivity index (χ1n) is 11.6. The topological polar surface area (TPSA) is 0 Å². The molecular formula is C29H33F. The van der Waals surface area contributed by atoms with Gasteiger partial charge in [-0.2, -0.15) is 0 Å². The summed E-state index contributed by atoms with van der Waals surface area (Å²) in [4.78, 5) is 0. The summed E-state index contributed by atoms with van der Waals surface area (Å²) in [5, 5.41) is 0. The molecule has 0 N–H and O–H groups in total. The van der Waals surface area contributed by atoms with Gasteiger partial charge in [0.05, 0.1) is 0 Å². The van der Waals surface area contributed by atoms with E-state index in [9.17, 15) is 4.39 Å². The summed E-state index contributed by atoms with van der Waals surface area (Å²) in [5.74, 6) is 9.57. The number of allylic oxidation sites excluding steroid dienone is 1. The van der Waals surface area contributed by atoms with Gasteiger partial charge in [-0.05, 0) is 111 Å². The maximum Gasteiger partial charge on any atom is 0.127 e. The molecule has 2 fully saturated rings. The summed E-state index contributed by atoms with van der Waals surface area (Å²) in [7, 11) is 0. The van der Waals surface area contributed by atoms with Crippen LogP contribution in [0.3, 0.4) is 0 Å². The molecule has 156 valence electrons. The maximum atomic E-state index is 13.7. The molecule has 0 amide bonds. The van der Waals surface area contributed by atoms with Crippen LogP contribution in [0.5, 0.6) is 0 Å². The Morgan fingerprint density at radius 1 is 0.933 bits per heavy atom. The van der Waals surface area contributed by atoms with E-state index in [1.165, 1.54) is 63.0 Å². The molecule has 0 saturated heterocycles. The summed E-state index contributed by atoms with van der Waals surface area (Å²) in [6, 6.07) is 14.0. The third kappa shape index (κ3) is 5.04. The highest BCUT2D eigenvalue weighted by molar-refractivity contribution is 5.44. The Bertz CT molecular complexity index is 927. The van der Waals surface area contributed by atoms with E-state index in [1.807, 2.05) is 6.07 Å². The third-order valence-corrected chi connectivity index (χ3v) is 7.41. The summed E-state index contributed by atoms with van der Waals surface area (Å²) in [6.45, 7) is 5.66. The molecule has 30 heavy (non-hydrogen) atoms. The van der Waals surface area contributed by atoms with E-state index < -0.39 is 0 Å². The lowest BCUT2D eigenvalue weighted by atomic mass is 9.63. The van der Waals surface area contributed by atoms with Crippen LogP contribution in [0.1, 0.15) is 79.5 Å². The fourth-order valence-electron chi connectivity index (χ4n) is 5.56. The van der Waals surface area contributed by atoms with Gasteiger partial charge in [0.15, 0.2) is 0 Å². The molecule has 2 aliphatic rings. The van der Waals surface area contributed by atoms with Crippen LogP contribution in [-0.4, -0.2) is 0 Å². The number of fused-ring (bicyclic) bond motifs is 1. The number of hydrogen-bond acceptors (Lipinski definition) is 0. The molecule has 0 radical (unpaired) electrons. The molecule has 4 unspecified atom stereocenters. The van der Waals surface area contributed by atoms with Crippen LogP contribution in [-0.2, 0) is 0 Å². The number of aryl methyl sites for hydroxylation is 1. The van der Waals surface area contributed by atoms with Gasteiger partial charge in [-0.3, -0.25) is 0 Å². The SMILES string of the molecule is C=CCCC1CCC2CC(c3ccc(C#Cc4ccc(C)c(F)c4)cc3)CCC2C1. The smallest absolute Gasteiger partial charge is 0.127 e. The van der Waals surface area contributed by atoms with Gasteiger partial charge in [0, 0.05) is 11.1 Å². The molecule has 4 atom stereocenters. The van der Waals surface area contributed by atoms with Gasteiger partial charge < -0.3 is 0 Å². The fourth-order valence-corrected chi connectivity index (χ4v) is 5.56. The first-order valence-corrected chi connectivity index (χ1v) is 11.6. The second-order valence-corrected chi connectivity index (χ2v) is 9.41. The van der Waals surface area contributed by atoms with E-state index in [0.717, 1.165) is 28.9 Å². The Morgan fingerprint density at radius 2 is 1.63 bits per heavy atom. The van der Waals surface area contributed by atoms with Crippen molar-refractivity contribution in [3.05, 3.63) is 83.2 Å². The highest BCUT2D eigenvalue weighted by Gasteiger charge is 2.35. The fraction of sp³-hybridized carbons (Fsp3) is 0.448. The van der Waals surface area contributed by atoms with E-state index in [0.29, 0.717) is 11.5 Å². The summed E-state index contributed by atoms with van der Waals surface area (Å²) < 4.78 is 13.7. The lowest BCUT2D eigenvalue weighted by Gasteiger charge is -2.42. The molecule has 2 aromatic rings. The van der Waals surface area contributed by atoms with Gasteiger partial charge >= 0.3 is 0 Å². The largest absolute Gasteiger partial charge is 0.207 e. The minimum absolute atomic E-state index is 0.192. The predicted molar refractivity (Wildman–Crippen MR) is 124 cm³/mol. The van der Waals surface area contributed by atoms with E-state index >= 15 is 0 Å². The summed E-state index contributed by atoms with van der Waals surface area (Å²) >= 11 is 0. The van der Waals surface area contributed by atoms with E-state index in [4.69, 9.17) is 0 Å². The van der Waals surface area contributed by atoms with E-state index in [2.05, 4.69) is 48.8 Å². The lowest BCUT2D eigenvalue weighted by molar-refractivity contribution is 0.115. The number of hydrogen-bond donors (Lipinski definition) is 0. The average molecular weight is 401 g/mol. The second-order valence-electron chi connectivity index (χ2n) is 9.41. The minimum Gasteiger partial charge on any atom is -0.207 e. The molecule has 1 heteroatoms. The highest BCUT2D eigenvalue weighted by atomic mass is 19.1. The molecule has 2 aromatic carbocycles. The first-order chi connectivity index (χ1) is 14.6. The Morgan fingerprint density at radius 3 is 2.40 bits per heavy atom.